The minimum absolute atomic E-state index is 0.145. The van der Waals surface area contributed by atoms with Gasteiger partial charge < -0.3 is 19.3 Å². The predicted molar refractivity (Wildman–Crippen MR) is 121 cm³/mol. The molecule has 3 rings (SSSR count). The van der Waals surface area contributed by atoms with Crippen molar-refractivity contribution in [1.29, 1.82) is 0 Å². The normalized spacial score (nSPS) is 25.2. The predicted octanol–water partition coefficient (Wildman–Crippen LogP) is 4.99. The molecular formula is C25H29ClO6. The van der Waals surface area contributed by atoms with Crippen molar-refractivity contribution in [2.24, 2.45) is 5.92 Å². The van der Waals surface area contributed by atoms with Gasteiger partial charge in [-0.1, -0.05) is 49.7 Å². The molecule has 0 bridgehead atoms. The Morgan fingerprint density at radius 2 is 1.66 bits per heavy atom. The van der Waals surface area contributed by atoms with Crippen molar-refractivity contribution in [1.82, 2.24) is 0 Å². The van der Waals surface area contributed by atoms with Crippen LogP contribution in [-0.4, -0.2) is 35.4 Å². The summed E-state index contributed by atoms with van der Waals surface area (Å²) in [6.07, 6.45) is -0.921. The molecule has 32 heavy (non-hydrogen) atoms. The van der Waals surface area contributed by atoms with E-state index in [0.717, 1.165) is 23.1 Å². The van der Waals surface area contributed by atoms with Gasteiger partial charge in [0, 0.05) is 24.8 Å². The van der Waals surface area contributed by atoms with Gasteiger partial charge in [-0.2, -0.15) is 0 Å². The highest BCUT2D eigenvalue weighted by molar-refractivity contribution is 6.31. The number of hydrogen-bond acceptors (Lipinski definition) is 6. The van der Waals surface area contributed by atoms with Crippen LogP contribution in [0, 0.1) is 5.92 Å². The minimum Gasteiger partial charge on any atom is -0.508 e. The van der Waals surface area contributed by atoms with Crippen molar-refractivity contribution in [3.63, 3.8) is 0 Å². The van der Waals surface area contributed by atoms with Crippen molar-refractivity contribution in [2.75, 3.05) is 0 Å². The van der Waals surface area contributed by atoms with Crippen molar-refractivity contribution in [3.05, 3.63) is 64.2 Å². The summed E-state index contributed by atoms with van der Waals surface area (Å²) in [4.78, 5) is 23.7. The molecule has 0 spiro atoms. The van der Waals surface area contributed by atoms with Crippen LogP contribution in [0.1, 0.15) is 56.9 Å². The Hall–Kier alpha value is -2.57. The monoisotopic (exact) mass is 460 g/mol. The van der Waals surface area contributed by atoms with Gasteiger partial charge in [-0.3, -0.25) is 9.59 Å². The van der Waals surface area contributed by atoms with Gasteiger partial charge in [0.1, 0.15) is 18.0 Å². The van der Waals surface area contributed by atoms with E-state index in [1.54, 1.807) is 18.2 Å². The summed E-state index contributed by atoms with van der Waals surface area (Å²) in [5.74, 6) is -0.849. The lowest BCUT2D eigenvalue weighted by molar-refractivity contribution is -0.225. The lowest BCUT2D eigenvalue weighted by Crippen LogP contribution is -2.52. The molecule has 6 nitrogen and oxygen atoms in total. The first-order valence-electron chi connectivity index (χ1n) is 10.8. The topological polar surface area (TPSA) is 82.1 Å². The van der Waals surface area contributed by atoms with E-state index in [4.69, 9.17) is 25.8 Å². The molecule has 1 N–H and O–H groups in total. The highest BCUT2D eigenvalue weighted by atomic mass is 35.5. The zero-order valence-electron chi connectivity index (χ0n) is 18.7. The second-order valence-corrected chi connectivity index (χ2v) is 8.61. The summed E-state index contributed by atoms with van der Waals surface area (Å²) in [5, 5.41) is 10.1. The largest absolute Gasteiger partial charge is 0.508 e. The Morgan fingerprint density at radius 3 is 2.25 bits per heavy atom. The third-order valence-electron chi connectivity index (χ3n) is 5.78. The molecule has 1 heterocycles. The number of halogens is 1. The summed E-state index contributed by atoms with van der Waals surface area (Å²) in [5.41, 5.74) is 2.65. The third kappa shape index (κ3) is 5.61. The molecule has 172 valence electrons. The van der Waals surface area contributed by atoms with Gasteiger partial charge in [-0.25, -0.2) is 0 Å². The van der Waals surface area contributed by atoms with Crippen LogP contribution in [0.15, 0.2) is 42.5 Å². The number of hydrogen-bond donors (Lipinski definition) is 1. The third-order valence-corrected chi connectivity index (χ3v) is 6.15. The molecule has 0 aromatic heterocycles. The van der Waals surface area contributed by atoms with Crippen LogP contribution in [0.5, 0.6) is 5.75 Å². The highest BCUT2D eigenvalue weighted by Gasteiger charge is 2.47. The van der Waals surface area contributed by atoms with Crippen molar-refractivity contribution in [3.8, 4) is 5.75 Å². The second kappa shape index (κ2) is 10.4. The molecule has 0 radical (unpaired) electrons. The van der Waals surface area contributed by atoms with Crippen molar-refractivity contribution in [2.45, 2.75) is 65.0 Å². The Labute approximate surface area is 193 Å². The zero-order valence-corrected chi connectivity index (χ0v) is 19.5. The number of phenolic OH excluding ortho intramolecular Hbond substituents is 1. The number of carbonyl (C=O) groups excluding carboxylic acids is 2. The fraction of sp³-hybridized carbons (Fsp3) is 0.440. The van der Waals surface area contributed by atoms with Gasteiger partial charge in [0.2, 0.25) is 0 Å². The van der Waals surface area contributed by atoms with E-state index in [9.17, 15) is 14.7 Å². The first-order valence-corrected chi connectivity index (χ1v) is 11.1. The van der Waals surface area contributed by atoms with Gasteiger partial charge in [0.15, 0.2) is 6.10 Å². The maximum absolute atomic E-state index is 11.9. The van der Waals surface area contributed by atoms with E-state index < -0.39 is 30.3 Å². The SMILES string of the molecule is CC[C@H]1O[C@@H](c2ccc(Cl)c(Cc3ccc(O)cc3)c2)[C@H](OC(C)=O)[C@@H](OC(C)=O)[C@@H]1C. The molecule has 0 unspecified atom stereocenters. The fourth-order valence-corrected chi connectivity index (χ4v) is 4.42. The van der Waals surface area contributed by atoms with E-state index in [-0.39, 0.29) is 17.8 Å². The maximum atomic E-state index is 11.9. The second-order valence-electron chi connectivity index (χ2n) is 8.20. The van der Waals surface area contributed by atoms with Crippen LogP contribution >= 0.6 is 11.6 Å². The minimum atomic E-state index is -0.781. The average molecular weight is 461 g/mol. The Bertz CT molecular complexity index is 957. The zero-order chi connectivity index (χ0) is 23.4. The molecule has 0 saturated carbocycles. The molecule has 1 aliphatic rings. The Balaban J connectivity index is 1.98. The number of rotatable bonds is 6. The molecule has 1 fully saturated rings. The van der Waals surface area contributed by atoms with Crippen molar-refractivity contribution >= 4 is 23.5 Å². The first kappa shape index (κ1) is 24.1. The van der Waals surface area contributed by atoms with Crippen LogP contribution in [0.25, 0.3) is 0 Å². The summed E-state index contributed by atoms with van der Waals surface area (Å²) in [6, 6.07) is 12.5. The molecule has 7 heteroatoms. The lowest BCUT2D eigenvalue weighted by Gasteiger charge is -2.44. The van der Waals surface area contributed by atoms with E-state index in [1.807, 2.05) is 38.1 Å². The lowest BCUT2D eigenvalue weighted by atomic mass is 9.84. The van der Waals surface area contributed by atoms with Gasteiger partial charge in [0.05, 0.1) is 6.10 Å². The molecule has 0 amide bonds. The van der Waals surface area contributed by atoms with E-state index >= 15 is 0 Å². The molecule has 1 saturated heterocycles. The summed E-state index contributed by atoms with van der Waals surface area (Å²) in [7, 11) is 0. The highest BCUT2D eigenvalue weighted by Crippen LogP contribution is 2.40. The fourth-order valence-electron chi connectivity index (χ4n) is 4.24. The standard InChI is InChI=1S/C25H29ClO6/c1-5-22-14(2)23(30-15(3)27)25(31-16(4)28)24(32-22)18-8-11-21(26)19(13-18)12-17-6-9-20(29)10-7-17/h6-11,13-14,22-25,29H,5,12H2,1-4H3/t14-,22-,23+,24+,25-/m1/s1. The first-order chi connectivity index (χ1) is 15.2. The van der Waals surface area contributed by atoms with Crippen molar-refractivity contribution < 1.29 is 28.9 Å². The average Bonchev–Trinajstić information content (AvgIpc) is 2.73. The van der Waals surface area contributed by atoms with E-state index in [1.165, 1.54) is 13.8 Å². The number of ether oxygens (including phenoxy) is 3. The van der Waals surface area contributed by atoms with Crippen LogP contribution in [0.3, 0.4) is 0 Å². The number of benzene rings is 2. The number of carbonyl (C=O) groups is 2. The molecule has 0 aliphatic carbocycles. The quantitative estimate of drug-likeness (QED) is 0.612. The molecule has 2 aromatic carbocycles. The molecule has 2 aromatic rings. The van der Waals surface area contributed by atoms with Gasteiger partial charge >= 0.3 is 11.9 Å². The summed E-state index contributed by atoms with van der Waals surface area (Å²) in [6.45, 7) is 6.62. The summed E-state index contributed by atoms with van der Waals surface area (Å²) >= 11 is 6.47. The Kier molecular flexibility index (Phi) is 7.80. The van der Waals surface area contributed by atoms with Crippen LogP contribution < -0.4 is 0 Å². The van der Waals surface area contributed by atoms with Crippen LogP contribution in [-0.2, 0) is 30.2 Å². The van der Waals surface area contributed by atoms with Crippen LogP contribution in [0.4, 0.5) is 0 Å². The number of phenols is 1. The van der Waals surface area contributed by atoms with Gasteiger partial charge in [-0.15, -0.1) is 0 Å². The van der Waals surface area contributed by atoms with E-state index in [0.29, 0.717) is 11.4 Å². The maximum Gasteiger partial charge on any atom is 0.303 e. The number of aromatic hydroxyl groups is 1. The molecular weight excluding hydrogens is 432 g/mol. The van der Waals surface area contributed by atoms with Crippen LogP contribution in [0.2, 0.25) is 5.02 Å². The molecule has 5 atom stereocenters. The van der Waals surface area contributed by atoms with Gasteiger partial charge in [-0.05, 0) is 47.7 Å². The molecule has 1 aliphatic heterocycles. The summed E-state index contributed by atoms with van der Waals surface area (Å²) < 4.78 is 17.6. The van der Waals surface area contributed by atoms with Gasteiger partial charge in [0.25, 0.3) is 0 Å². The number of esters is 2. The van der Waals surface area contributed by atoms with E-state index in [2.05, 4.69) is 0 Å². The Morgan fingerprint density at radius 1 is 1.03 bits per heavy atom. The smallest absolute Gasteiger partial charge is 0.303 e.